The quantitative estimate of drug-likeness (QED) is 0.695. The largest absolute Gasteiger partial charge is 0.343 e. The van der Waals surface area contributed by atoms with Crippen LogP contribution >= 0.6 is 12.4 Å². The summed E-state index contributed by atoms with van der Waals surface area (Å²) in [7, 11) is -1.60. The average Bonchev–Trinajstić information content (AvgIpc) is 2.60. The lowest BCUT2D eigenvalue weighted by atomic mass is 9.93. The molecule has 1 aliphatic heterocycles. The molecule has 26 heavy (non-hydrogen) atoms. The smallest absolute Gasteiger partial charge is 0.240 e. The van der Waals surface area contributed by atoms with Gasteiger partial charge in [0.25, 0.3) is 0 Å². The molecule has 6 nitrogen and oxygen atoms in total. The fraction of sp³-hybridized carbons (Fsp3) is 0.611. The fourth-order valence-electron chi connectivity index (χ4n) is 3.07. The van der Waals surface area contributed by atoms with E-state index in [1.165, 1.54) is 0 Å². The molecule has 2 rings (SSSR count). The molecular formula is C18H30ClN3O3S. The third-order valence-corrected chi connectivity index (χ3v) is 6.21. The lowest BCUT2D eigenvalue weighted by Gasteiger charge is -2.32. The lowest BCUT2D eigenvalue weighted by molar-refractivity contribution is -0.132. The van der Waals surface area contributed by atoms with Crippen LogP contribution in [0.5, 0.6) is 0 Å². The Balaban J connectivity index is 0.00000338. The molecule has 1 aliphatic rings. The van der Waals surface area contributed by atoms with E-state index >= 15 is 0 Å². The summed E-state index contributed by atoms with van der Waals surface area (Å²) in [5.74, 6) is 0.704. The topological polar surface area (TPSA) is 78.5 Å². The normalized spacial score (nSPS) is 15.5. The van der Waals surface area contributed by atoms with Crippen molar-refractivity contribution in [3.05, 3.63) is 29.8 Å². The molecule has 0 aromatic heterocycles. The molecule has 0 bridgehead atoms. The minimum atomic E-state index is -3.55. The van der Waals surface area contributed by atoms with Crippen molar-refractivity contribution < 1.29 is 13.2 Å². The summed E-state index contributed by atoms with van der Waals surface area (Å²) in [5.41, 5.74) is 1.01. The highest BCUT2D eigenvalue weighted by Gasteiger charge is 2.22. The van der Waals surface area contributed by atoms with E-state index in [0.717, 1.165) is 44.5 Å². The van der Waals surface area contributed by atoms with Crippen molar-refractivity contribution in [3.8, 4) is 0 Å². The Bertz CT molecular complexity index is 657. The van der Waals surface area contributed by atoms with Crippen LogP contribution in [0.25, 0.3) is 0 Å². The van der Waals surface area contributed by atoms with Gasteiger partial charge in [0.1, 0.15) is 0 Å². The number of carbonyl (C=O) groups excluding carboxylic acids is 1. The molecule has 1 aromatic carbocycles. The van der Waals surface area contributed by atoms with Crippen LogP contribution in [0.15, 0.2) is 29.2 Å². The number of hydrogen-bond donors (Lipinski definition) is 2. The molecule has 0 spiro atoms. The van der Waals surface area contributed by atoms with Crippen molar-refractivity contribution in [2.24, 2.45) is 5.92 Å². The number of amides is 1. The summed E-state index contributed by atoms with van der Waals surface area (Å²) < 4.78 is 26.9. The van der Waals surface area contributed by atoms with E-state index in [2.05, 4.69) is 10.0 Å². The van der Waals surface area contributed by atoms with Crippen molar-refractivity contribution >= 4 is 28.3 Å². The second-order valence-corrected chi connectivity index (χ2v) is 8.44. The van der Waals surface area contributed by atoms with Crippen LogP contribution in [0.2, 0.25) is 0 Å². The molecule has 148 valence electrons. The second kappa shape index (κ2) is 10.9. The van der Waals surface area contributed by atoms with Crippen molar-refractivity contribution in [1.29, 1.82) is 0 Å². The highest BCUT2D eigenvalue weighted by Crippen LogP contribution is 2.20. The molecule has 0 aliphatic carbocycles. The van der Waals surface area contributed by atoms with E-state index in [4.69, 9.17) is 0 Å². The summed E-state index contributed by atoms with van der Waals surface area (Å²) in [5, 5.41) is 3.16. The van der Waals surface area contributed by atoms with Gasteiger partial charge in [-0.05, 0) is 57.8 Å². The number of nitrogens with zero attached hydrogens (tertiary/aromatic N) is 1. The third kappa shape index (κ3) is 6.87. The number of halogens is 1. The van der Waals surface area contributed by atoms with Crippen molar-refractivity contribution in [2.75, 3.05) is 33.2 Å². The van der Waals surface area contributed by atoms with Crippen molar-refractivity contribution in [3.63, 3.8) is 0 Å². The summed E-state index contributed by atoms with van der Waals surface area (Å²) in [6.07, 6.45) is 3.41. The van der Waals surface area contributed by atoms with E-state index in [1.807, 2.05) is 18.9 Å². The van der Waals surface area contributed by atoms with E-state index in [0.29, 0.717) is 5.92 Å². The van der Waals surface area contributed by atoms with E-state index < -0.39 is 10.0 Å². The van der Waals surface area contributed by atoms with E-state index in [9.17, 15) is 13.2 Å². The first-order chi connectivity index (χ1) is 11.9. The molecule has 1 aromatic rings. The highest BCUT2D eigenvalue weighted by molar-refractivity contribution is 7.89. The van der Waals surface area contributed by atoms with Gasteiger partial charge in [-0.2, -0.15) is 0 Å². The van der Waals surface area contributed by atoms with Gasteiger partial charge in [0.05, 0.1) is 4.90 Å². The van der Waals surface area contributed by atoms with Crippen LogP contribution < -0.4 is 10.0 Å². The Labute approximate surface area is 163 Å². The molecule has 1 saturated heterocycles. The first kappa shape index (κ1) is 22.9. The summed E-state index contributed by atoms with van der Waals surface area (Å²) in [4.78, 5) is 14.4. The van der Waals surface area contributed by atoms with Gasteiger partial charge in [-0.25, -0.2) is 13.1 Å². The molecule has 0 radical (unpaired) electrons. The zero-order chi connectivity index (χ0) is 18.3. The Hall–Kier alpha value is -1.15. The predicted molar refractivity (Wildman–Crippen MR) is 106 cm³/mol. The second-order valence-electron chi connectivity index (χ2n) is 6.68. The van der Waals surface area contributed by atoms with Gasteiger partial charge in [-0.1, -0.05) is 17.7 Å². The van der Waals surface area contributed by atoms with Crippen LogP contribution in [0.1, 0.15) is 31.2 Å². The Morgan fingerprint density at radius 1 is 1.15 bits per heavy atom. The molecule has 1 amide bonds. The number of nitrogens with one attached hydrogen (secondary N) is 2. The number of benzene rings is 1. The number of rotatable bonds is 8. The minimum absolute atomic E-state index is 0. The Morgan fingerprint density at radius 2 is 1.77 bits per heavy atom. The maximum Gasteiger partial charge on any atom is 0.240 e. The number of piperidine rings is 1. The SMILES string of the molecule is CNCCC1CCN(C(=O)CCNS(=O)(=O)c2ccc(C)cc2)CC1.Cl. The maximum atomic E-state index is 12.3. The standard InChI is InChI=1S/C18H29N3O3S.ClH/c1-15-3-5-17(6-4-15)25(23,24)20-12-8-18(22)21-13-9-16(10-14-21)7-11-19-2;/h3-6,16,19-20H,7-14H2,1-2H3;1H. The van der Waals surface area contributed by atoms with Gasteiger partial charge < -0.3 is 10.2 Å². The third-order valence-electron chi connectivity index (χ3n) is 4.73. The Morgan fingerprint density at radius 3 is 2.35 bits per heavy atom. The Kier molecular flexibility index (Phi) is 9.57. The number of sulfonamides is 1. The monoisotopic (exact) mass is 403 g/mol. The van der Waals surface area contributed by atoms with E-state index in [-0.39, 0.29) is 36.2 Å². The molecule has 2 N–H and O–H groups in total. The van der Waals surface area contributed by atoms with Crippen LogP contribution in [-0.2, 0) is 14.8 Å². The minimum Gasteiger partial charge on any atom is -0.343 e. The molecule has 8 heteroatoms. The molecular weight excluding hydrogens is 374 g/mol. The summed E-state index contributed by atoms with van der Waals surface area (Å²) in [6, 6.07) is 6.68. The number of hydrogen-bond acceptors (Lipinski definition) is 4. The predicted octanol–water partition coefficient (Wildman–Crippen LogP) is 1.93. The maximum absolute atomic E-state index is 12.3. The molecule has 0 saturated carbocycles. The van der Waals surface area contributed by atoms with Gasteiger partial charge in [0, 0.05) is 26.1 Å². The fourth-order valence-corrected chi connectivity index (χ4v) is 4.10. The van der Waals surface area contributed by atoms with Crippen LogP contribution in [0, 0.1) is 12.8 Å². The van der Waals surface area contributed by atoms with Crippen LogP contribution in [-0.4, -0.2) is 52.5 Å². The summed E-state index contributed by atoms with van der Waals surface area (Å²) >= 11 is 0. The molecule has 1 heterocycles. The van der Waals surface area contributed by atoms with Gasteiger partial charge in [-0.15, -0.1) is 12.4 Å². The van der Waals surface area contributed by atoms with Gasteiger partial charge in [0.2, 0.25) is 15.9 Å². The number of likely N-dealkylation sites (tertiary alicyclic amines) is 1. The van der Waals surface area contributed by atoms with E-state index in [1.54, 1.807) is 24.3 Å². The molecule has 0 atom stereocenters. The first-order valence-corrected chi connectivity index (χ1v) is 10.4. The van der Waals surface area contributed by atoms with Gasteiger partial charge in [0.15, 0.2) is 0 Å². The first-order valence-electron chi connectivity index (χ1n) is 8.91. The molecule has 0 unspecified atom stereocenters. The van der Waals surface area contributed by atoms with Gasteiger partial charge >= 0.3 is 0 Å². The van der Waals surface area contributed by atoms with Crippen LogP contribution in [0.4, 0.5) is 0 Å². The van der Waals surface area contributed by atoms with Crippen molar-refractivity contribution in [2.45, 2.75) is 37.5 Å². The number of aryl methyl sites for hydroxylation is 1. The average molecular weight is 404 g/mol. The zero-order valence-electron chi connectivity index (χ0n) is 15.5. The van der Waals surface area contributed by atoms with Crippen LogP contribution in [0.3, 0.4) is 0 Å². The lowest BCUT2D eigenvalue weighted by Crippen LogP contribution is -2.40. The zero-order valence-corrected chi connectivity index (χ0v) is 17.2. The van der Waals surface area contributed by atoms with Crippen molar-refractivity contribution in [1.82, 2.24) is 14.9 Å². The highest BCUT2D eigenvalue weighted by atomic mass is 35.5. The summed E-state index contributed by atoms with van der Waals surface area (Å²) in [6.45, 7) is 4.61. The van der Waals surface area contributed by atoms with Gasteiger partial charge in [-0.3, -0.25) is 4.79 Å². The number of carbonyl (C=O) groups is 1. The molecule has 1 fully saturated rings.